The van der Waals surface area contributed by atoms with Gasteiger partial charge in [0.2, 0.25) is 0 Å². The van der Waals surface area contributed by atoms with Gasteiger partial charge in [-0.3, -0.25) is 0 Å². The maximum Gasteiger partial charge on any atom is 0.341 e. The predicted molar refractivity (Wildman–Crippen MR) is 63.8 cm³/mol. The maximum absolute atomic E-state index is 11.3. The van der Waals surface area contributed by atoms with Gasteiger partial charge in [0.15, 0.2) is 0 Å². The van der Waals surface area contributed by atoms with Crippen LogP contribution in [0.3, 0.4) is 0 Å². The third-order valence-electron chi connectivity index (χ3n) is 2.08. The van der Waals surface area contributed by atoms with Gasteiger partial charge in [-0.2, -0.15) is 5.10 Å². The Kier molecular flexibility index (Phi) is 3.36. The van der Waals surface area contributed by atoms with Gasteiger partial charge in [-0.1, -0.05) is 29.3 Å². The van der Waals surface area contributed by atoms with Crippen molar-refractivity contribution < 1.29 is 9.53 Å². The molecule has 0 saturated heterocycles. The molecular weight excluding hydrogens is 263 g/mol. The molecule has 2 rings (SSSR count). The smallest absolute Gasteiger partial charge is 0.341 e. The zero-order chi connectivity index (χ0) is 12.4. The van der Waals surface area contributed by atoms with Crippen molar-refractivity contribution in [2.24, 2.45) is 0 Å². The molecule has 0 fully saturated rings. The number of aromatic nitrogens is 2. The number of halogens is 2. The second-order valence-corrected chi connectivity index (χ2v) is 3.96. The highest BCUT2D eigenvalue weighted by atomic mass is 35.5. The summed E-state index contributed by atoms with van der Waals surface area (Å²) in [6.07, 6.45) is 4.06. The van der Waals surface area contributed by atoms with E-state index >= 15 is 0 Å². The zero-order valence-electron chi connectivity index (χ0n) is 8.78. The molecule has 1 radical (unpaired) electrons. The molecule has 1 aromatic carbocycles. The number of ether oxygens (including phenoxy) is 1. The van der Waals surface area contributed by atoms with Crippen LogP contribution in [0.2, 0.25) is 10.0 Å². The van der Waals surface area contributed by atoms with Gasteiger partial charge in [0.25, 0.3) is 0 Å². The Bertz CT molecular complexity index is 546. The lowest BCUT2D eigenvalue weighted by Crippen LogP contribution is -2.00. The van der Waals surface area contributed by atoms with Crippen molar-refractivity contribution in [1.82, 2.24) is 9.78 Å². The molecule has 0 N–H and O–H groups in total. The molecule has 6 heteroatoms. The summed E-state index contributed by atoms with van der Waals surface area (Å²) in [6.45, 7) is 0. The molecule has 0 unspecified atom stereocenters. The fourth-order valence-electron chi connectivity index (χ4n) is 1.30. The molecule has 4 nitrogen and oxygen atoms in total. The minimum Gasteiger partial charge on any atom is -0.465 e. The minimum absolute atomic E-state index is 0.212. The number of rotatable bonds is 2. The van der Waals surface area contributed by atoms with E-state index in [4.69, 9.17) is 23.2 Å². The highest BCUT2D eigenvalue weighted by molar-refractivity contribution is 6.37. The molecule has 0 aliphatic rings. The molecule has 2 aromatic rings. The van der Waals surface area contributed by atoms with Gasteiger partial charge in [0, 0.05) is 0 Å². The molecule has 0 aliphatic heterocycles. The van der Waals surface area contributed by atoms with Gasteiger partial charge in [0.05, 0.1) is 23.4 Å². The van der Waals surface area contributed by atoms with E-state index in [9.17, 15) is 4.79 Å². The largest absolute Gasteiger partial charge is 0.465 e. The van der Waals surface area contributed by atoms with Crippen LogP contribution in [-0.2, 0) is 4.74 Å². The Labute approximate surface area is 108 Å². The topological polar surface area (TPSA) is 44.1 Å². The van der Waals surface area contributed by atoms with Crippen LogP contribution >= 0.6 is 23.2 Å². The summed E-state index contributed by atoms with van der Waals surface area (Å²) in [4.78, 5) is 11.3. The number of nitrogens with zero attached hydrogens (tertiary/aromatic N) is 2. The lowest BCUT2D eigenvalue weighted by molar-refractivity contribution is 0.0600. The number of para-hydroxylation sites is 1. The Balaban J connectivity index is 2.47. The van der Waals surface area contributed by atoms with Crippen molar-refractivity contribution >= 4 is 29.2 Å². The molecule has 0 aliphatic carbocycles. The fraction of sp³-hybridized carbons (Fsp3) is 0.0909. The van der Waals surface area contributed by atoms with Gasteiger partial charge in [-0.05, 0) is 12.1 Å². The van der Waals surface area contributed by atoms with Crippen LogP contribution in [0.5, 0.6) is 0 Å². The van der Waals surface area contributed by atoms with E-state index in [0.717, 1.165) is 0 Å². The number of carbonyl (C=O) groups excluding carboxylic acids is 1. The molecule has 0 spiro atoms. The highest BCUT2D eigenvalue weighted by Crippen LogP contribution is 2.27. The monoisotopic (exact) mass is 269 g/mol. The number of esters is 1. The van der Waals surface area contributed by atoms with Crippen molar-refractivity contribution in [3.8, 4) is 5.69 Å². The standard InChI is InChI=1S/C11H7Cl2N2O2/c1-17-11(16)7-5-14-15(6-7)10-8(12)3-2-4-9(10)13/h2-5H,1H3. The summed E-state index contributed by atoms with van der Waals surface area (Å²) >= 11 is 12.0. The van der Waals surface area contributed by atoms with Crippen LogP contribution in [0.1, 0.15) is 10.4 Å². The quantitative estimate of drug-likeness (QED) is 0.788. The van der Waals surface area contributed by atoms with E-state index < -0.39 is 5.97 Å². The number of carbonyl (C=O) groups is 1. The average Bonchev–Trinajstić information content (AvgIpc) is 2.77. The molecule has 87 valence electrons. The molecular formula is C11H7Cl2N2O2. The molecule has 0 amide bonds. The van der Waals surface area contributed by atoms with Crippen LogP contribution < -0.4 is 0 Å². The van der Waals surface area contributed by atoms with E-state index in [2.05, 4.69) is 16.0 Å². The second kappa shape index (κ2) is 4.77. The Morgan fingerprint density at radius 1 is 1.41 bits per heavy atom. The van der Waals surface area contributed by atoms with Crippen LogP contribution in [0, 0.1) is 6.20 Å². The summed E-state index contributed by atoms with van der Waals surface area (Å²) in [5.41, 5.74) is 0.689. The average molecular weight is 270 g/mol. The number of methoxy groups -OCH3 is 1. The first-order valence-corrected chi connectivity index (χ1v) is 5.39. The Morgan fingerprint density at radius 2 is 2.06 bits per heavy atom. The van der Waals surface area contributed by atoms with Gasteiger partial charge >= 0.3 is 5.97 Å². The van der Waals surface area contributed by atoms with Gasteiger partial charge < -0.3 is 4.74 Å². The first-order valence-electron chi connectivity index (χ1n) is 4.63. The molecule has 1 heterocycles. The van der Waals surface area contributed by atoms with Crippen molar-refractivity contribution in [2.75, 3.05) is 7.11 Å². The van der Waals surface area contributed by atoms with Crippen LogP contribution in [-0.4, -0.2) is 22.9 Å². The van der Waals surface area contributed by atoms with E-state index in [0.29, 0.717) is 15.7 Å². The Hall–Kier alpha value is -1.52. The minimum atomic E-state index is -0.514. The van der Waals surface area contributed by atoms with Crippen molar-refractivity contribution in [2.45, 2.75) is 0 Å². The summed E-state index contributed by atoms with van der Waals surface area (Å²) < 4.78 is 5.87. The summed E-state index contributed by atoms with van der Waals surface area (Å²) in [5, 5.41) is 4.82. The van der Waals surface area contributed by atoms with E-state index in [1.807, 2.05) is 0 Å². The summed E-state index contributed by atoms with van der Waals surface area (Å²) in [5.74, 6) is -0.514. The second-order valence-electron chi connectivity index (χ2n) is 3.14. The van der Waals surface area contributed by atoms with Crippen LogP contribution in [0.4, 0.5) is 0 Å². The third kappa shape index (κ3) is 2.28. The van der Waals surface area contributed by atoms with Crippen molar-refractivity contribution in [3.05, 3.63) is 46.2 Å². The van der Waals surface area contributed by atoms with Gasteiger partial charge in [0.1, 0.15) is 17.4 Å². The summed E-state index contributed by atoms with van der Waals surface area (Å²) in [7, 11) is 1.29. The number of hydrogen-bond acceptors (Lipinski definition) is 3. The SMILES string of the molecule is COC(=O)c1[c]n(-c2c(Cl)cccc2Cl)nc1. The molecule has 0 saturated carbocycles. The van der Waals surface area contributed by atoms with Gasteiger partial charge in [-0.25, -0.2) is 9.48 Å². The van der Waals surface area contributed by atoms with Crippen molar-refractivity contribution in [1.29, 1.82) is 0 Å². The predicted octanol–water partition coefficient (Wildman–Crippen LogP) is 2.77. The normalized spacial score (nSPS) is 10.3. The summed E-state index contributed by atoms with van der Waals surface area (Å²) in [6, 6.07) is 5.07. The van der Waals surface area contributed by atoms with Crippen LogP contribution in [0.25, 0.3) is 5.69 Å². The number of benzene rings is 1. The Morgan fingerprint density at radius 3 is 2.65 bits per heavy atom. The van der Waals surface area contributed by atoms with E-state index in [1.54, 1.807) is 18.2 Å². The molecule has 1 aromatic heterocycles. The van der Waals surface area contributed by atoms with E-state index in [-0.39, 0.29) is 5.56 Å². The fourth-order valence-corrected chi connectivity index (χ4v) is 1.86. The van der Waals surface area contributed by atoms with Gasteiger partial charge in [-0.15, -0.1) is 0 Å². The number of hydrogen-bond donors (Lipinski definition) is 0. The lowest BCUT2D eigenvalue weighted by Gasteiger charge is -2.05. The van der Waals surface area contributed by atoms with E-state index in [1.165, 1.54) is 18.0 Å². The highest BCUT2D eigenvalue weighted by Gasteiger charge is 2.13. The lowest BCUT2D eigenvalue weighted by atomic mass is 10.3. The molecule has 0 atom stereocenters. The molecule has 0 bridgehead atoms. The first kappa shape index (κ1) is 12.0. The molecule has 17 heavy (non-hydrogen) atoms. The van der Waals surface area contributed by atoms with Crippen molar-refractivity contribution in [3.63, 3.8) is 0 Å². The third-order valence-corrected chi connectivity index (χ3v) is 2.69. The first-order chi connectivity index (χ1) is 8.13. The maximum atomic E-state index is 11.3. The van der Waals surface area contributed by atoms with Crippen LogP contribution in [0.15, 0.2) is 24.4 Å². The zero-order valence-corrected chi connectivity index (χ0v) is 10.3.